The van der Waals surface area contributed by atoms with Crippen molar-refractivity contribution in [1.29, 1.82) is 0 Å². The molecule has 2 atom stereocenters. The molecule has 0 fully saturated rings. The van der Waals surface area contributed by atoms with Crippen molar-refractivity contribution in [2.75, 3.05) is 25.0 Å². The van der Waals surface area contributed by atoms with Gasteiger partial charge in [-0.05, 0) is 0 Å². The first-order chi connectivity index (χ1) is 10.1. The standard InChI is InChI=1S/C11H20N8O2/c12-1-2-18(3-4-20)7(21)5-19-6-15-8-9(13)16-11(14)17-10(8)19/h4,6,9,11,16-17H,1-3,5,12-14H2. The monoisotopic (exact) mass is 296 g/mol. The number of carbonyl (C=O) groups excluding carboxylic acids is 2. The second-order valence-electron chi connectivity index (χ2n) is 4.67. The summed E-state index contributed by atoms with van der Waals surface area (Å²) in [7, 11) is 0. The van der Waals surface area contributed by atoms with Gasteiger partial charge in [0, 0.05) is 13.1 Å². The summed E-state index contributed by atoms with van der Waals surface area (Å²) in [6, 6.07) is 0. The Morgan fingerprint density at radius 1 is 1.52 bits per heavy atom. The van der Waals surface area contributed by atoms with Crippen LogP contribution in [0.25, 0.3) is 0 Å². The van der Waals surface area contributed by atoms with Crippen LogP contribution in [0.2, 0.25) is 0 Å². The molecule has 1 aromatic heterocycles. The number of fused-ring (bicyclic) bond motifs is 1. The summed E-state index contributed by atoms with van der Waals surface area (Å²) < 4.78 is 1.62. The molecular weight excluding hydrogens is 276 g/mol. The van der Waals surface area contributed by atoms with Crippen molar-refractivity contribution >= 4 is 18.0 Å². The first kappa shape index (κ1) is 15.4. The van der Waals surface area contributed by atoms with E-state index in [9.17, 15) is 9.59 Å². The maximum atomic E-state index is 12.2. The van der Waals surface area contributed by atoms with Gasteiger partial charge in [-0.1, -0.05) is 0 Å². The van der Waals surface area contributed by atoms with Crippen LogP contribution in [0, 0.1) is 0 Å². The Hall–Kier alpha value is -2.01. The summed E-state index contributed by atoms with van der Waals surface area (Å²) in [5.41, 5.74) is 17.6. The van der Waals surface area contributed by atoms with E-state index in [4.69, 9.17) is 17.2 Å². The van der Waals surface area contributed by atoms with E-state index < -0.39 is 12.5 Å². The highest BCUT2D eigenvalue weighted by molar-refractivity contribution is 5.79. The van der Waals surface area contributed by atoms with Crippen LogP contribution in [0.15, 0.2) is 6.33 Å². The SMILES string of the molecule is NCCN(CC=O)C(=O)Cn1cnc2c1NC(N)NC2N. The Kier molecular flexibility index (Phi) is 4.85. The summed E-state index contributed by atoms with van der Waals surface area (Å²) in [6.45, 7) is 0.658. The molecule has 0 radical (unpaired) electrons. The molecule has 0 aromatic carbocycles. The maximum absolute atomic E-state index is 12.2. The average Bonchev–Trinajstić information content (AvgIpc) is 2.82. The number of carbonyl (C=O) groups is 2. The van der Waals surface area contributed by atoms with Crippen LogP contribution >= 0.6 is 0 Å². The van der Waals surface area contributed by atoms with Crippen LogP contribution in [0.4, 0.5) is 5.82 Å². The number of aromatic nitrogens is 2. The number of hydrogen-bond acceptors (Lipinski definition) is 8. The molecule has 0 saturated carbocycles. The number of hydrogen-bond donors (Lipinski definition) is 5. The minimum atomic E-state index is -0.520. The summed E-state index contributed by atoms with van der Waals surface area (Å²) in [4.78, 5) is 28.4. The second kappa shape index (κ2) is 6.63. The van der Waals surface area contributed by atoms with Gasteiger partial charge in [0.1, 0.15) is 36.8 Å². The number of rotatable bonds is 6. The van der Waals surface area contributed by atoms with E-state index in [1.807, 2.05) is 0 Å². The van der Waals surface area contributed by atoms with Gasteiger partial charge in [0.2, 0.25) is 5.91 Å². The van der Waals surface area contributed by atoms with Crippen LogP contribution in [0.1, 0.15) is 11.9 Å². The molecule has 1 amide bonds. The van der Waals surface area contributed by atoms with Crippen LogP contribution in [-0.2, 0) is 16.1 Å². The molecule has 0 saturated heterocycles. The number of nitrogens with one attached hydrogen (secondary N) is 2. The summed E-state index contributed by atoms with van der Waals surface area (Å²) in [6.07, 6.45) is 1.16. The van der Waals surface area contributed by atoms with Gasteiger partial charge < -0.3 is 31.0 Å². The predicted molar refractivity (Wildman–Crippen MR) is 75.6 cm³/mol. The van der Waals surface area contributed by atoms with Gasteiger partial charge in [0.15, 0.2) is 0 Å². The molecule has 116 valence electrons. The topological polar surface area (TPSA) is 157 Å². The van der Waals surface area contributed by atoms with Gasteiger partial charge in [-0.15, -0.1) is 0 Å². The van der Waals surface area contributed by atoms with Crippen molar-refractivity contribution < 1.29 is 9.59 Å². The fourth-order valence-electron chi connectivity index (χ4n) is 2.17. The number of imidazole rings is 1. The highest BCUT2D eigenvalue weighted by Crippen LogP contribution is 2.22. The third-order valence-corrected chi connectivity index (χ3v) is 3.16. The Bertz CT molecular complexity index is 516. The van der Waals surface area contributed by atoms with Gasteiger partial charge in [0.25, 0.3) is 0 Å². The lowest BCUT2D eigenvalue weighted by Gasteiger charge is -2.28. The molecule has 1 aliphatic heterocycles. The minimum absolute atomic E-state index is 0.0148. The highest BCUT2D eigenvalue weighted by atomic mass is 16.2. The van der Waals surface area contributed by atoms with E-state index in [0.29, 0.717) is 30.9 Å². The van der Waals surface area contributed by atoms with Crippen molar-refractivity contribution in [3.05, 3.63) is 12.0 Å². The highest BCUT2D eigenvalue weighted by Gasteiger charge is 2.26. The van der Waals surface area contributed by atoms with E-state index >= 15 is 0 Å². The van der Waals surface area contributed by atoms with Crippen molar-refractivity contribution in [3.63, 3.8) is 0 Å². The fourth-order valence-corrected chi connectivity index (χ4v) is 2.17. The Morgan fingerprint density at radius 3 is 2.95 bits per heavy atom. The number of nitrogens with zero attached hydrogens (tertiary/aromatic N) is 3. The van der Waals surface area contributed by atoms with E-state index in [1.54, 1.807) is 4.57 Å². The molecular formula is C11H20N8O2. The molecule has 0 spiro atoms. The lowest BCUT2D eigenvalue weighted by molar-refractivity contribution is -0.133. The largest absolute Gasteiger partial charge is 0.342 e. The molecule has 0 aliphatic carbocycles. The van der Waals surface area contributed by atoms with Gasteiger partial charge in [0.05, 0.1) is 12.9 Å². The van der Waals surface area contributed by atoms with Gasteiger partial charge in [-0.25, -0.2) is 4.98 Å². The second-order valence-corrected chi connectivity index (χ2v) is 4.67. The van der Waals surface area contributed by atoms with Crippen molar-refractivity contribution in [3.8, 4) is 0 Å². The van der Waals surface area contributed by atoms with E-state index in [2.05, 4.69) is 15.6 Å². The molecule has 10 heteroatoms. The van der Waals surface area contributed by atoms with Crippen molar-refractivity contribution in [1.82, 2.24) is 19.8 Å². The Morgan fingerprint density at radius 2 is 2.29 bits per heavy atom. The molecule has 0 bridgehead atoms. The summed E-state index contributed by atoms with van der Waals surface area (Å²) in [5, 5.41) is 5.85. The molecule has 2 heterocycles. The quantitative estimate of drug-likeness (QED) is 0.349. The first-order valence-corrected chi connectivity index (χ1v) is 6.57. The maximum Gasteiger partial charge on any atom is 0.243 e. The molecule has 2 unspecified atom stereocenters. The fraction of sp³-hybridized carbons (Fsp3) is 0.545. The summed E-state index contributed by atoms with van der Waals surface area (Å²) in [5.74, 6) is 0.371. The van der Waals surface area contributed by atoms with Crippen LogP contribution < -0.4 is 27.8 Å². The third-order valence-electron chi connectivity index (χ3n) is 3.16. The molecule has 21 heavy (non-hydrogen) atoms. The zero-order valence-corrected chi connectivity index (χ0v) is 11.5. The molecule has 8 N–H and O–H groups in total. The number of aldehydes is 1. The zero-order chi connectivity index (χ0) is 15.4. The average molecular weight is 296 g/mol. The number of anilines is 1. The zero-order valence-electron chi connectivity index (χ0n) is 11.5. The molecule has 2 rings (SSSR count). The normalized spacial score (nSPS) is 20.5. The summed E-state index contributed by atoms with van der Waals surface area (Å²) >= 11 is 0. The molecule has 10 nitrogen and oxygen atoms in total. The number of nitrogens with two attached hydrogens (primary N) is 3. The van der Waals surface area contributed by atoms with Crippen molar-refractivity contribution in [2.45, 2.75) is 19.0 Å². The minimum Gasteiger partial charge on any atom is -0.342 e. The van der Waals surface area contributed by atoms with Crippen LogP contribution in [0.3, 0.4) is 0 Å². The smallest absolute Gasteiger partial charge is 0.243 e. The number of amides is 1. The van der Waals surface area contributed by atoms with Crippen LogP contribution in [-0.4, -0.2) is 52.6 Å². The van der Waals surface area contributed by atoms with Crippen LogP contribution in [0.5, 0.6) is 0 Å². The Labute approximate surface area is 121 Å². The molecule has 1 aromatic rings. The molecule has 1 aliphatic rings. The van der Waals surface area contributed by atoms with E-state index in [0.717, 1.165) is 0 Å². The lowest BCUT2D eigenvalue weighted by Crippen LogP contribution is -2.52. The lowest BCUT2D eigenvalue weighted by atomic mass is 10.3. The third kappa shape index (κ3) is 3.36. The van der Waals surface area contributed by atoms with Gasteiger partial charge in [-0.2, -0.15) is 0 Å². The van der Waals surface area contributed by atoms with Gasteiger partial charge >= 0.3 is 0 Å². The van der Waals surface area contributed by atoms with Gasteiger partial charge in [-0.3, -0.25) is 15.8 Å². The van der Waals surface area contributed by atoms with Crippen molar-refractivity contribution in [2.24, 2.45) is 17.2 Å². The first-order valence-electron chi connectivity index (χ1n) is 6.57. The predicted octanol–water partition coefficient (Wildman–Crippen LogP) is -2.92. The Balaban J connectivity index is 2.13. The van der Waals surface area contributed by atoms with E-state index in [1.165, 1.54) is 11.2 Å². The van der Waals surface area contributed by atoms with E-state index in [-0.39, 0.29) is 19.0 Å².